The number of hydrogen-bond acceptors (Lipinski definition) is 2. The average molecular weight is 231 g/mol. The summed E-state index contributed by atoms with van der Waals surface area (Å²) in [6.45, 7) is 2.41. The highest BCUT2D eigenvalue weighted by molar-refractivity contribution is 6.54. The Bertz CT molecular complexity index is 319. The van der Waals surface area contributed by atoms with Crippen LogP contribution in [-0.4, -0.2) is 31.9 Å². The summed E-state index contributed by atoms with van der Waals surface area (Å²) in [4.78, 5) is 8.78. The molecule has 0 amide bonds. The van der Waals surface area contributed by atoms with Crippen molar-refractivity contribution in [1.82, 2.24) is 5.32 Å². The van der Waals surface area contributed by atoms with Crippen molar-refractivity contribution in [2.45, 2.75) is 19.3 Å². The van der Waals surface area contributed by atoms with Crippen molar-refractivity contribution in [1.29, 1.82) is 0 Å². The number of hydrogen-bond donors (Lipinski definition) is 2. The van der Waals surface area contributed by atoms with Crippen LogP contribution in [0.5, 0.6) is 0 Å². The molecule has 90 valence electrons. The number of nitrogens with one attached hydrogen (secondary N) is 1. The van der Waals surface area contributed by atoms with Gasteiger partial charge in [-0.1, -0.05) is 30.3 Å². The first-order valence-corrected chi connectivity index (χ1v) is 5.91. The van der Waals surface area contributed by atoms with E-state index in [0.29, 0.717) is 0 Å². The van der Waals surface area contributed by atoms with Crippen LogP contribution in [0.15, 0.2) is 30.3 Å². The maximum atomic E-state index is 8.78. The van der Waals surface area contributed by atoms with Gasteiger partial charge in [-0.25, -0.2) is 0 Å². The van der Waals surface area contributed by atoms with Crippen LogP contribution in [0.2, 0.25) is 0 Å². The molecule has 17 heavy (non-hydrogen) atoms. The number of rotatable bonds is 2. The van der Waals surface area contributed by atoms with E-state index in [1.54, 1.807) is 0 Å². The quantitative estimate of drug-likeness (QED) is 0.766. The van der Waals surface area contributed by atoms with Gasteiger partial charge in [0.2, 0.25) is 13.7 Å². The molecule has 1 heterocycles. The lowest BCUT2D eigenvalue weighted by Gasteiger charge is -2.22. The molecule has 0 saturated carbocycles. The average Bonchev–Trinajstić information content (AvgIpc) is 2.31. The Balaban J connectivity index is 0.000000317. The summed E-state index contributed by atoms with van der Waals surface area (Å²) >= 11 is 0. The summed E-state index contributed by atoms with van der Waals surface area (Å²) < 4.78 is 0. The van der Waals surface area contributed by atoms with Crippen molar-refractivity contribution in [2.75, 3.05) is 13.1 Å². The molecule has 0 aliphatic carbocycles. The largest absolute Gasteiger partial charge is 0.490 e. The molecule has 0 spiro atoms. The molecule has 3 nitrogen and oxygen atoms in total. The Morgan fingerprint density at radius 2 is 1.82 bits per heavy atom. The van der Waals surface area contributed by atoms with Crippen molar-refractivity contribution < 1.29 is 9.90 Å². The van der Waals surface area contributed by atoms with Crippen LogP contribution in [0.4, 0.5) is 4.79 Å². The third-order valence-electron chi connectivity index (χ3n) is 2.83. The molecule has 4 heteroatoms. The zero-order valence-corrected chi connectivity index (χ0v) is 9.93. The third kappa shape index (κ3) is 6.79. The summed E-state index contributed by atoms with van der Waals surface area (Å²) in [5, 5.41) is 10.6. The van der Waals surface area contributed by atoms with E-state index in [-0.39, 0.29) is 0 Å². The molecule has 1 aliphatic rings. The zero-order chi connectivity index (χ0) is 12.5. The van der Waals surface area contributed by atoms with E-state index < -0.39 is 5.87 Å². The smallest absolute Gasteiger partial charge is 0.233 e. The van der Waals surface area contributed by atoms with Gasteiger partial charge in [-0.3, -0.25) is 4.79 Å². The number of piperidine rings is 1. The third-order valence-corrected chi connectivity index (χ3v) is 2.83. The molecule has 2 rings (SSSR count). The van der Waals surface area contributed by atoms with Gasteiger partial charge in [0.15, 0.2) is 0 Å². The van der Waals surface area contributed by atoms with Gasteiger partial charge >= 0.3 is 0 Å². The second-order valence-corrected chi connectivity index (χ2v) is 4.22. The molecule has 1 aliphatic heterocycles. The van der Waals surface area contributed by atoms with E-state index in [4.69, 9.17) is 9.90 Å². The summed E-state index contributed by atoms with van der Waals surface area (Å²) in [5.41, 5.74) is 1.49. The Morgan fingerprint density at radius 1 is 1.29 bits per heavy atom. The molecule has 2 N–H and O–H groups in total. The Labute approximate surface area is 104 Å². The van der Waals surface area contributed by atoms with Gasteiger partial charge in [0.1, 0.15) is 0 Å². The highest BCUT2D eigenvalue weighted by Gasteiger charge is 2.12. The second-order valence-electron chi connectivity index (χ2n) is 4.22. The van der Waals surface area contributed by atoms with Gasteiger partial charge in [-0.05, 0) is 43.8 Å². The minimum Gasteiger partial charge on any atom is -0.490 e. The summed E-state index contributed by atoms with van der Waals surface area (Å²) in [6, 6.07) is 10.8. The van der Waals surface area contributed by atoms with Crippen LogP contribution >= 0.6 is 0 Å². The molecule has 0 unspecified atom stereocenters. The Morgan fingerprint density at radius 3 is 2.35 bits per heavy atom. The molecule has 2 radical (unpaired) electrons. The zero-order valence-electron chi connectivity index (χ0n) is 9.93. The second kappa shape index (κ2) is 7.90. The fourth-order valence-corrected chi connectivity index (χ4v) is 2.03. The Hall–Kier alpha value is -1.29. The van der Waals surface area contributed by atoms with Crippen LogP contribution < -0.4 is 5.32 Å². The minimum absolute atomic E-state index is 0.906. The standard InChI is InChI=1S/C12H17N.CHBO2/c1-2-4-11(5-3-1)10-12-6-8-13-9-7-12;2-1(3)4/h1-5,12-13H,6-10H2;(H,3,4). The van der Waals surface area contributed by atoms with E-state index in [1.165, 1.54) is 37.9 Å². The van der Waals surface area contributed by atoms with Crippen molar-refractivity contribution in [3.63, 3.8) is 0 Å². The van der Waals surface area contributed by atoms with Gasteiger partial charge < -0.3 is 10.4 Å². The normalized spacial score (nSPS) is 15.8. The van der Waals surface area contributed by atoms with E-state index in [0.717, 1.165) is 5.92 Å². The Kier molecular flexibility index (Phi) is 6.41. The van der Waals surface area contributed by atoms with E-state index in [9.17, 15) is 0 Å². The lowest BCUT2D eigenvalue weighted by Crippen LogP contribution is -2.28. The number of benzene rings is 1. The van der Waals surface area contributed by atoms with E-state index in [2.05, 4.69) is 43.5 Å². The van der Waals surface area contributed by atoms with Crippen molar-refractivity contribution in [3.8, 4) is 0 Å². The fourth-order valence-electron chi connectivity index (χ4n) is 2.03. The van der Waals surface area contributed by atoms with E-state index in [1.807, 2.05) is 0 Å². The number of carboxylic acid groups (broad SMARTS) is 1. The minimum atomic E-state index is -1.33. The molecule has 1 aromatic rings. The molecular formula is C13H18BNO2. The summed E-state index contributed by atoms with van der Waals surface area (Å²) in [5.74, 6) is -0.427. The predicted molar refractivity (Wildman–Crippen MR) is 69.5 cm³/mol. The topological polar surface area (TPSA) is 49.3 Å². The number of carbonyl (C=O) groups is 1. The first kappa shape index (κ1) is 13.8. The first-order valence-electron chi connectivity index (χ1n) is 5.91. The van der Waals surface area contributed by atoms with Crippen LogP contribution in [0.3, 0.4) is 0 Å². The van der Waals surface area contributed by atoms with Crippen LogP contribution in [0, 0.1) is 5.92 Å². The first-order chi connectivity index (χ1) is 8.18. The SMILES string of the molecule is [B]C(=O)O.c1ccc(CC2CCNCC2)cc1. The van der Waals surface area contributed by atoms with Gasteiger partial charge in [0.05, 0.1) is 0 Å². The molecule has 1 saturated heterocycles. The highest BCUT2D eigenvalue weighted by atomic mass is 16.4. The van der Waals surface area contributed by atoms with Crippen molar-refractivity contribution in [3.05, 3.63) is 35.9 Å². The molecule has 0 atom stereocenters. The maximum absolute atomic E-state index is 8.78. The molecule has 0 bridgehead atoms. The van der Waals surface area contributed by atoms with Crippen LogP contribution in [0.1, 0.15) is 18.4 Å². The maximum Gasteiger partial charge on any atom is 0.233 e. The van der Waals surface area contributed by atoms with Crippen molar-refractivity contribution >= 4 is 13.7 Å². The van der Waals surface area contributed by atoms with Crippen LogP contribution in [-0.2, 0) is 6.42 Å². The van der Waals surface area contributed by atoms with Gasteiger partial charge in [-0.15, -0.1) is 0 Å². The van der Waals surface area contributed by atoms with Gasteiger partial charge in [0.25, 0.3) is 0 Å². The van der Waals surface area contributed by atoms with Crippen LogP contribution in [0.25, 0.3) is 0 Å². The van der Waals surface area contributed by atoms with Gasteiger partial charge in [0, 0.05) is 0 Å². The van der Waals surface area contributed by atoms with Crippen molar-refractivity contribution in [2.24, 2.45) is 5.92 Å². The summed E-state index contributed by atoms with van der Waals surface area (Å²) in [6.07, 6.45) is 3.95. The molecular weight excluding hydrogens is 213 g/mol. The predicted octanol–water partition coefficient (Wildman–Crippen LogP) is 2.06. The molecule has 1 fully saturated rings. The van der Waals surface area contributed by atoms with E-state index >= 15 is 0 Å². The van der Waals surface area contributed by atoms with Gasteiger partial charge in [-0.2, -0.15) is 0 Å². The monoisotopic (exact) mass is 231 g/mol. The molecule has 1 aromatic carbocycles. The fraction of sp³-hybridized carbons (Fsp3) is 0.462. The summed E-state index contributed by atoms with van der Waals surface area (Å²) in [7, 11) is 4.03. The lowest BCUT2D eigenvalue weighted by atomic mass is 9.91. The highest BCUT2D eigenvalue weighted by Crippen LogP contribution is 2.17. The molecule has 0 aromatic heterocycles. The lowest BCUT2D eigenvalue weighted by molar-refractivity contribution is 0.220.